The lowest BCUT2D eigenvalue weighted by molar-refractivity contribution is 0.148. The van der Waals surface area contributed by atoms with E-state index in [2.05, 4.69) is 19.2 Å². The molecule has 1 atom stereocenters. The highest BCUT2D eigenvalue weighted by Crippen LogP contribution is 2.26. The summed E-state index contributed by atoms with van der Waals surface area (Å²) >= 11 is 1.83. The van der Waals surface area contributed by atoms with Crippen LogP contribution in [0.2, 0.25) is 0 Å². The van der Waals surface area contributed by atoms with E-state index >= 15 is 0 Å². The second kappa shape index (κ2) is 7.87. The molecule has 0 aliphatic heterocycles. The van der Waals surface area contributed by atoms with E-state index in [0.29, 0.717) is 0 Å². The van der Waals surface area contributed by atoms with Gasteiger partial charge in [-0.15, -0.1) is 11.8 Å². The van der Waals surface area contributed by atoms with Crippen molar-refractivity contribution in [2.75, 3.05) is 18.9 Å². The van der Waals surface area contributed by atoms with Gasteiger partial charge in [0.25, 0.3) is 0 Å². The van der Waals surface area contributed by atoms with Crippen molar-refractivity contribution in [3.63, 3.8) is 0 Å². The average molecular weight is 271 g/mol. The summed E-state index contributed by atoms with van der Waals surface area (Å²) in [7, 11) is 0. The molecule has 1 rings (SSSR count). The SMILES string of the molecule is CCNC(CC)(CO)CCCSc1ccoc1C. The Labute approximate surface area is 114 Å². The lowest BCUT2D eigenvalue weighted by atomic mass is 9.91. The van der Waals surface area contributed by atoms with Crippen molar-refractivity contribution in [2.45, 2.75) is 50.5 Å². The summed E-state index contributed by atoms with van der Waals surface area (Å²) < 4.78 is 5.27. The zero-order valence-electron chi connectivity index (χ0n) is 11.7. The van der Waals surface area contributed by atoms with Gasteiger partial charge in [-0.1, -0.05) is 13.8 Å². The second-order valence-corrected chi connectivity index (χ2v) is 5.75. The van der Waals surface area contributed by atoms with Gasteiger partial charge >= 0.3 is 0 Å². The number of likely N-dealkylation sites (N-methyl/N-ethyl adjacent to an activating group) is 1. The van der Waals surface area contributed by atoms with E-state index in [1.54, 1.807) is 6.26 Å². The van der Waals surface area contributed by atoms with Crippen LogP contribution in [0.4, 0.5) is 0 Å². The van der Waals surface area contributed by atoms with Gasteiger partial charge in [0.05, 0.1) is 12.9 Å². The minimum absolute atomic E-state index is 0.0965. The Balaban J connectivity index is 2.33. The summed E-state index contributed by atoms with van der Waals surface area (Å²) in [4.78, 5) is 1.23. The van der Waals surface area contributed by atoms with E-state index in [-0.39, 0.29) is 12.1 Å². The average Bonchev–Trinajstić information content (AvgIpc) is 2.79. The summed E-state index contributed by atoms with van der Waals surface area (Å²) in [6.45, 7) is 7.33. The van der Waals surface area contributed by atoms with Crippen molar-refractivity contribution in [3.8, 4) is 0 Å². The predicted octanol–water partition coefficient (Wildman–Crippen LogP) is 3.21. The molecule has 0 aliphatic carbocycles. The Hall–Kier alpha value is -0.450. The molecule has 104 valence electrons. The maximum atomic E-state index is 9.55. The number of furan rings is 1. The largest absolute Gasteiger partial charge is 0.468 e. The monoisotopic (exact) mass is 271 g/mol. The van der Waals surface area contributed by atoms with Gasteiger partial charge < -0.3 is 14.8 Å². The molecule has 0 saturated heterocycles. The number of thioether (sulfide) groups is 1. The number of aliphatic hydroxyl groups excluding tert-OH is 1. The molecule has 1 aromatic heterocycles. The molecular formula is C14H25NO2S. The van der Waals surface area contributed by atoms with Crippen LogP contribution in [-0.4, -0.2) is 29.5 Å². The van der Waals surface area contributed by atoms with E-state index in [4.69, 9.17) is 4.42 Å². The highest BCUT2D eigenvalue weighted by atomic mass is 32.2. The van der Waals surface area contributed by atoms with Crippen LogP contribution in [0.15, 0.2) is 21.6 Å². The molecule has 0 saturated carbocycles. The number of nitrogens with one attached hydrogen (secondary N) is 1. The Morgan fingerprint density at radius 2 is 2.22 bits per heavy atom. The zero-order valence-corrected chi connectivity index (χ0v) is 12.5. The topological polar surface area (TPSA) is 45.4 Å². The van der Waals surface area contributed by atoms with Crippen LogP contribution in [0.1, 0.15) is 38.9 Å². The minimum atomic E-state index is -0.0965. The van der Waals surface area contributed by atoms with Gasteiger partial charge in [-0.25, -0.2) is 0 Å². The summed E-state index contributed by atoms with van der Waals surface area (Å²) in [6.07, 6.45) is 4.81. The van der Waals surface area contributed by atoms with Crippen LogP contribution < -0.4 is 5.32 Å². The molecule has 4 heteroatoms. The predicted molar refractivity (Wildman–Crippen MR) is 77.2 cm³/mol. The van der Waals surface area contributed by atoms with Gasteiger partial charge in [-0.3, -0.25) is 0 Å². The molecule has 0 amide bonds. The maximum absolute atomic E-state index is 9.55. The highest BCUT2D eigenvalue weighted by Gasteiger charge is 2.25. The van der Waals surface area contributed by atoms with E-state index in [0.717, 1.165) is 37.3 Å². The molecule has 0 fully saturated rings. The first-order chi connectivity index (χ1) is 8.67. The van der Waals surface area contributed by atoms with Crippen LogP contribution in [0.3, 0.4) is 0 Å². The number of aryl methyl sites for hydroxylation is 1. The first kappa shape index (κ1) is 15.6. The number of hydrogen-bond donors (Lipinski definition) is 2. The first-order valence-corrected chi connectivity index (χ1v) is 7.68. The summed E-state index contributed by atoms with van der Waals surface area (Å²) in [5.41, 5.74) is -0.0965. The van der Waals surface area contributed by atoms with Crippen molar-refractivity contribution in [2.24, 2.45) is 0 Å². The molecule has 0 aliphatic rings. The fourth-order valence-corrected chi connectivity index (χ4v) is 3.04. The van der Waals surface area contributed by atoms with Crippen molar-refractivity contribution in [1.82, 2.24) is 5.32 Å². The molecule has 1 heterocycles. The van der Waals surface area contributed by atoms with Gasteiger partial charge in [-0.2, -0.15) is 0 Å². The van der Waals surface area contributed by atoms with Crippen LogP contribution in [0, 0.1) is 6.92 Å². The quantitative estimate of drug-likeness (QED) is 0.535. The normalized spacial score (nSPS) is 14.7. The molecule has 0 radical (unpaired) electrons. The lowest BCUT2D eigenvalue weighted by Gasteiger charge is -2.31. The Kier molecular flexibility index (Phi) is 6.82. The van der Waals surface area contributed by atoms with E-state index < -0.39 is 0 Å². The lowest BCUT2D eigenvalue weighted by Crippen LogP contribution is -2.48. The Morgan fingerprint density at radius 1 is 1.44 bits per heavy atom. The molecule has 2 N–H and O–H groups in total. The second-order valence-electron chi connectivity index (χ2n) is 4.62. The number of aliphatic hydroxyl groups is 1. The van der Waals surface area contributed by atoms with Crippen LogP contribution >= 0.6 is 11.8 Å². The molecule has 18 heavy (non-hydrogen) atoms. The minimum Gasteiger partial charge on any atom is -0.468 e. The first-order valence-electron chi connectivity index (χ1n) is 6.70. The highest BCUT2D eigenvalue weighted by molar-refractivity contribution is 7.99. The third kappa shape index (κ3) is 4.34. The molecular weight excluding hydrogens is 246 g/mol. The van der Waals surface area contributed by atoms with Gasteiger partial charge in [0.2, 0.25) is 0 Å². The molecule has 1 aromatic rings. The summed E-state index contributed by atoms with van der Waals surface area (Å²) in [5.74, 6) is 2.06. The van der Waals surface area contributed by atoms with E-state index in [1.165, 1.54) is 4.90 Å². The summed E-state index contributed by atoms with van der Waals surface area (Å²) in [5, 5.41) is 13.0. The Bertz CT molecular complexity index is 334. The fraction of sp³-hybridized carbons (Fsp3) is 0.714. The molecule has 0 aromatic carbocycles. The van der Waals surface area contributed by atoms with Crippen molar-refractivity contribution in [3.05, 3.63) is 18.1 Å². The summed E-state index contributed by atoms with van der Waals surface area (Å²) in [6, 6.07) is 2.02. The van der Waals surface area contributed by atoms with Gasteiger partial charge in [0.15, 0.2) is 0 Å². The maximum Gasteiger partial charge on any atom is 0.114 e. The molecule has 0 bridgehead atoms. The third-order valence-corrected chi connectivity index (χ3v) is 4.63. The van der Waals surface area contributed by atoms with Gasteiger partial charge in [0, 0.05) is 10.4 Å². The molecule has 1 unspecified atom stereocenters. The Morgan fingerprint density at radius 3 is 2.72 bits per heavy atom. The van der Waals surface area contributed by atoms with Crippen molar-refractivity contribution in [1.29, 1.82) is 0 Å². The van der Waals surface area contributed by atoms with E-state index in [9.17, 15) is 5.11 Å². The van der Waals surface area contributed by atoms with Crippen molar-refractivity contribution < 1.29 is 9.52 Å². The zero-order chi connectivity index (χ0) is 13.4. The van der Waals surface area contributed by atoms with Crippen LogP contribution in [0.25, 0.3) is 0 Å². The standard InChI is InChI=1S/C14H25NO2S/c1-4-14(11-16,15-5-2)8-6-10-18-13-7-9-17-12(13)3/h7,9,15-16H,4-6,8,10-11H2,1-3H3. The van der Waals surface area contributed by atoms with Gasteiger partial charge in [-0.05, 0) is 44.6 Å². The van der Waals surface area contributed by atoms with Crippen molar-refractivity contribution >= 4 is 11.8 Å². The smallest absolute Gasteiger partial charge is 0.114 e. The van der Waals surface area contributed by atoms with Crippen LogP contribution in [0.5, 0.6) is 0 Å². The number of rotatable bonds is 9. The van der Waals surface area contributed by atoms with E-state index in [1.807, 2.05) is 24.8 Å². The fourth-order valence-electron chi connectivity index (χ4n) is 2.13. The van der Waals surface area contributed by atoms with Crippen LogP contribution in [-0.2, 0) is 0 Å². The molecule has 0 spiro atoms. The number of hydrogen-bond acceptors (Lipinski definition) is 4. The third-order valence-electron chi connectivity index (χ3n) is 3.40. The molecule has 3 nitrogen and oxygen atoms in total. The van der Waals surface area contributed by atoms with Gasteiger partial charge in [0.1, 0.15) is 5.76 Å².